The molecule has 0 saturated carbocycles. The molecule has 7 nitrogen and oxygen atoms in total. The largest absolute Gasteiger partial charge is 0.444 e. The van der Waals surface area contributed by atoms with Crippen molar-refractivity contribution in [2.24, 2.45) is 5.92 Å². The number of amides is 3. The molecule has 0 aromatic heterocycles. The normalized spacial score (nSPS) is 16.9. The Kier molecular flexibility index (Phi) is 7.38. The quantitative estimate of drug-likeness (QED) is 0.818. The van der Waals surface area contributed by atoms with Gasteiger partial charge in [0.05, 0.1) is 0 Å². The molecule has 1 unspecified atom stereocenters. The van der Waals surface area contributed by atoms with Gasteiger partial charge in [-0.25, -0.2) is 9.59 Å². The van der Waals surface area contributed by atoms with Crippen molar-refractivity contribution >= 4 is 23.5 Å². The molecule has 1 aliphatic rings. The van der Waals surface area contributed by atoms with Crippen LogP contribution in [-0.2, 0) is 4.74 Å². The summed E-state index contributed by atoms with van der Waals surface area (Å²) in [7, 11) is 5.74. The minimum atomic E-state index is -0.510. The van der Waals surface area contributed by atoms with Crippen molar-refractivity contribution in [1.82, 2.24) is 9.80 Å². The molecule has 7 heteroatoms. The van der Waals surface area contributed by atoms with Crippen LogP contribution in [0.1, 0.15) is 39.2 Å². The zero-order valence-corrected chi connectivity index (χ0v) is 18.9. The SMILES string of the molecule is Cc1cc(N(C)C)ccc1NC(=O)N1CCCC(CN(C)C(=O)OC(C)(C)C)C1. The molecule has 3 amide bonds. The number of piperidine rings is 1. The first kappa shape index (κ1) is 22.8. The van der Waals surface area contributed by atoms with Gasteiger partial charge < -0.3 is 24.8 Å². The lowest BCUT2D eigenvalue weighted by Crippen LogP contribution is -2.46. The van der Waals surface area contributed by atoms with Crippen LogP contribution in [0.5, 0.6) is 0 Å². The topological polar surface area (TPSA) is 65.1 Å². The Labute approximate surface area is 175 Å². The van der Waals surface area contributed by atoms with Crippen LogP contribution in [0.2, 0.25) is 0 Å². The van der Waals surface area contributed by atoms with Gasteiger partial charge in [-0.05, 0) is 70.2 Å². The van der Waals surface area contributed by atoms with Gasteiger partial charge in [0.25, 0.3) is 0 Å². The summed E-state index contributed by atoms with van der Waals surface area (Å²) in [4.78, 5) is 30.5. The van der Waals surface area contributed by atoms with Crippen molar-refractivity contribution in [3.8, 4) is 0 Å². The second-order valence-electron chi connectivity index (χ2n) is 9.14. The number of likely N-dealkylation sites (tertiary alicyclic amines) is 1. The van der Waals surface area contributed by atoms with Crippen LogP contribution in [0.15, 0.2) is 18.2 Å². The summed E-state index contributed by atoms with van der Waals surface area (Å²) in [6.07, 6.45) is 1.60. The monoisotopic (exact) mass is 404 g/mol. The van der Waals surface area contributed by atoms with E-state index in [0.29, 0.717) is 13.1 Å². The number of rotatable bonds is 4. The summed E-state index contributed by atoms with van der Waals surface area (Å²) in [5, 5.41) is 3.04. The molecule has 1 heterocycles. The van der Waals surface area contributed by atoms with Crippen LogP contribution >= 0.6 is 0 Å². The van der Waals surface area contributed by atoms with E-state index in [1.165, 1.54) is 0 Å². The maximum atomic E-state index is 12.8. The van der Waals surface area contributed by atoms with E-state index in [4.69, 9.17) is 4.74 Å². The van der Waals surface area contributed by atoms with E-state index in [9.17, 15) is 9.59 Å². The predicted octanol–water partition coefficient (Wildman–Crippen LogP) is 4.17. The highest BCUT2D eigenvalue weighted by molar-refractivity contribution is 5.90. The Morgan fingerprint density at radius 2 is 1.93 bits per heavy atom. The van der Waals surface area contributed by atoms with Crippen molar-refractivity contribution in [3.63, 3.8) is 0 Å². The Hall–Kier alpha value is -2.44. The third-order valence-electron chi connectivity index (χ3n) is 5.01. The lowest BCUT2D eigenvalue weighted by Gasteiger charge is -2.35. The smallest absolute Gasteiger partial charge is 0.410 e. The summed E-state index contributed by atoms with van der Waals surface area (Å²) in [6, 6.07) is 5.91. The molecule has 1 aromatic rings. The van der Waals surface area contributed by atoms with E-state index in [-0.39, 0.29) is 18.0 Å². The first-order valence-corrected chi connectivity index (χ1v) is 10.2. The number of hydrogen-bond donors (Lipinski definition) is 1. The van der Waals surface area contributed by atoms with E-state index < -0.39 is 5.60 Å². The van der Waals surface area contributed by atoms with Gasteiger partial charge >= 0.3 is 12.1 Å². The number of anilines is 2. The van der Waals surface area contributed by atoms with Crippen molar-refractivity contribution < 1.29 is 14.3 Å². The molecular weight excluding hydrogens is 368 g/mol. The first-order valence-electron chi connectivity index (χ1n) is 10.2. The van der Waals surface area contributed by atoms with E-state index in [1.54, 1.807) is 11.9 Å². The summed E-state index contributed by atoms with van der Waals surface area (Å²) < 4.78 is 5.42. The van der Waals surface area contributed by atoms with Gasteiger partial charge in [-0.3, -0.25) is 0 Å². The highest BCUT2D eigenvalue weighted by atomic mass is 16.6. The molecule has 0 aliphatic carbocycles. The van der Waals surface area contributed by atoms with Gasteiger partial charge in [-0.2, -0.15) is 0 Å². The second kappa shape index (κ2) is 9.37. The molecule has 1 aromatic carbocycles. The Morgan fingerprint density at radius 3 is 2.52 bits per heavy atom. The van der Waals surface area contributed by atoms with Gasteiger partial charge in [0, 0.05) is 52.2 Å². The predicted molar refractivity (Wildman–Crippen MR) is 118 cm³/mol. The first-order chi connectivity index (χ1) is 13.5. The average Bonchev–Trinajstić information content (AvgIpc) is 2.62. The molecule has 1 saturated heterocycles. The van der Waals surface area contributed by atoms with Gasteiger partial charge in [-0.15, -0.1) is 0 Å². The highest BCUT2D eigenvalue weighted by Gasteiger charge is 2.27. The second-order valence-corrected chi connectivity index (χ2v) is 9.14. The van der Waals surface area contributed by atoms with Crippen LogP contribution in [-0.4, -0.2) is 68.3 Å². The van der Waals surface area contributed by atoms with E-state index in [2.05, 4.69) is 11.4 Å². The minimum Gasteiger partial charge on any atom is -0.444 e. The molecule has 0 bridgehead atoms. The van der Waals surface area contributed by atoms with Crippen molar-refractivity contribution in [2.45, 2.75) is 46.1 Å². The fraction of sp³-hybridized carbons (Fsp3) is 0.636. The molecule has 162 valence electrons. The van der Waals surface area contributed by atoms with Crippen LogP contribution in [0.4, 0.5) is 21.0 Å². The Balaban J connectivity index is 1.93. The van der Waals surface area contributed by atoms with Gasteiger partial charge in [0.2, 0.25) is 0 Å². The molecule has 0 spiro atoms. The number of aryl methyl sites for hydroxylation is 1. The average molecular weight is 405 g/mol. The maximum Gasteiger partial charge on any atom is 0.410 e. The Morgan fingerprint density at radius 1 is 1.24 bits per heavy atom. The number of benzene rings is 1. The fourth-order valence-corrected chi connectivity index (χ4v) is 3.46. The van der Waals surface area contributed by atoms with Crippen molar-refractivity contribution in [2.75, 3.05) is 51.0 Å². The fourth-order valence-electron chi connectivity index (χ4n) is 3.46. The molecule has 0 radical (unpaired) electrons. The molecular formula is C22H36N4O3. The number of urea groups is 1. The van der Waals surface area contributed by atoms with Crippen LogP contribution in [0.25, 0.3) is 0 Å². The molecule has 1 fully saturated rings. The maximum absolute atomic E-state index is 12.8. The summed E-state index contributed by atoms with van der Waals surface area (Å²) >= 11 is 0. The van der Waals surface area contributed by atoms with Crippen LogP contribution in [0.3, 0.4) is 0 Å². The van der Waals surface area contributed by atoms with Gasteiger partial charge in [0.1, 0.15) is 5.60 Å². The number of nitrogens with zero attached hydrogens (tertiary/aromatic N) is 3. The summed E-state index contributed by atoms with van der Waals surface area (Å²) in [6.45, 7) is 9.52. The highest BCUT2D eigenvalue weighted by Crippen LogP contribution is 2.23. The molecule has 1 atom stereocenters. The molecule has 1 aliphatic heterocycles. The van der Waals surface area contributed by atoms with Crippen LogP contribution < -0.4 is 10.2 Å². The van der Waals surface area contributed by atoms with Crippen molar-refractivity contribution in [1.29, 1.82) is 0 Å². The number of nitrogens with one attached hydrogen (secondary N) is 1. The van der Waals surface area contributed by atoms with E-state index in [0.717, 1.165) is 36.3 Å². The molecule has 29 heavy (non-hydrogen) atoms. The van der Waals surface area contributed by atoms with Crippen molar-refractivity contribution in [3.05, 3.63) is 23.8 Å². The standard InChI is InChI=1S/C22H36N4O3/c1-16-13-18(24(5)6)10-11-19(16)23-20(27)26-12-8-9-17(15-26)14-25(7)21(28)29-22(2,3)4/h10-11,13,17H,8-9,12,14-15H2,1-7H3,(H,23,27). The van der Waals surface area contributed by atoms with E-state index >= 15 is 0 Å². The third-order valence-corrected chi connectivity index (χ3v) is 5.01. The number of hydrogen-bond acceptors (Lipinski definition) is 4. The molecule has 1 N–H and O–H groups in total. The summed E-state index contributed by atoms with van der Waals surface area (Å²) in [5.41, 5.74) is 2.45. The number of carbonyl (C=O) groups is 2. The number of carbonyl (C=O) groups excluding carboxylic acids is 2. The minimum absolute atomic E-state index is 0.0877. The lowest BCUT2D eigenvalue weighted by atomic mass is 9.98. The zero-order chi connectivity index (χ0) is 21.8. The van der Waals surface area contributed by atoms with Gasteiger partial charge in [0.15, 0.2) is 0 Å². The molecule has 2 rings (SSSR count). The summed E-state index contributed by atoms with van der Waals surface area (Å²) in [5.74, 6) is 0.240. The Bertz CT molecular complexity index is 727. The third kappa shape index (κ3) is 6.84. The van der Waals surface area contributed by atoms with Crippen LogP contribution in [0, 0.1) is 12.8 Å². The zero-order valence-electron chi connectivity index (χ0n) is 18.9. The lowest BCUT2D eigenvalue weighted by molar-refractivity contribution is 0.0253. The number of ether oxygens (including phenoxy) is 1. The van der Waals surface area contributed by atoms with Gasteiger partial charge in [-0.1, -0.05) is 0 Å². The van der Waals surface area contributed by atoms with E-state index in [1.807, 2.05) is 63.7 Å².